The second-order valence-electron chi connectivity index (χ2n) is 6.53. The highest BCUT2D eigenvalue weighted by Gasteiger charge is 1.93. The molecule has 3 heteroatoms. The molecule has 4 N–H and O–H groups in total. The van der Waals surface area contributed by atoms with Crippen molar-refractivity contribution in [3.8, 4) is 0 Å². The monoisotopic (exact) mass is 313 g/mol. The number of hydrogen-bond acceptors (Lipinski definition) is 3. The van der Waals surface area contributed by atoms with E-state index in [4.69, 9.17) is 5.73 Å². The molecule has 0 aliphatic carbocycles. The van der Waals surface area contributed by atoms with E-state index in [1.807, 2.05) is 0 Å². The Morgan fingerprint density at radius 1 is 0.500 bits per heavy atom. The first-order valence-electron chi connectivity index (χ1n) is 10.0. The van der Waals surface area contributed by atoms with E-state index >= 15 is 0 Å². The molecule has 134 valence electrons. The van der Waals surface area contributed by atoms with Crippen LogP contribution in [0.25, 0.3) is 0 Å². The van der Waals surface area contributed by atoms with E-state index in [0.29, 0.717) is 0 Å². The summed E-state index contributed by atoms with van der Waals surface area (Å²) in [7, 11) is 0. The summed E-state index contributed by atoms with van der Waals surface area (Å²) in [5.74, 6) is 0. The molecule has 0 rings (SSSR count). The highest BCUT2D eigenvalue weighted by atomic mass is 14.9. The summed E-state index contributed by atoms with van der Waals surface area (Å²) >= 11 is 0. The molecule has 0 amide bonds. The van der Waals surface area contributed by atoms with E-state index < -0.39 is 0 Å². The minimum atomic E-state index is 0.822. The second kappa shape index (κ2) is 20.9. The van der Waals surface area contributed by atoms with E-state index in [-0.39, 0.29) is 0 Å². The Labute approximate surface area is 140 Å². The summed E-state index contributed by atoms with van der Waals surface area (Å²) < 4.78 is 0. The maximum Gasteiger partial charge on any atom is -0.00368 e. The van der Waals surface area contributed by atoms with Gasteiger partial charge in [-0.1, -0.05) is 64.7 Å². The van der Waals surface area contributed by atoms with Crippen molar-refractivity contribution in [2.75, 3.05) is 32.7 Å². The Morgan fingerprint density at radius 2 is 0.909 bits per heavy atom. The summed E-state index contributed by atoms with van der Waals surface area (Å²) in [6.07, 6.45) is 17.8. The Kier molecular flexibility index (Phi) is 20.8. The van der Waals surface area contributed by atoms with Gasteiger partial charge in [-0.3, -0.25) is 0 Å². The van der Waals surface area contributed by atoms with Crippen LogP contribution in [0, 0.1) is 0 Å². The van der Waals surface area contributed by atoms with Gasteiger partial charge in [-0.2, -0.15) is 0 Å². The third kappa shape index (κ3) is 19.9. The van der Waals surface area contributed by atoms with E-state index in [9.17, 15) is 0 Å². The number of rotatable bonds is 19. The lowest BCUT2D eigenvalue weighted by molar-refractivity contribution is 0.534. The first-order chi connectivity index (χ1) is 10.9. The minimum absolute atomic E-state index is 0.822. The van der Waals surface area contributed by atoms with Crippen LogP contribution in [0.15, 0.2) is 0 Å². The SMILES string of the molecule is CCCCCCCCCCCCNCCCNCCCCN. The minimum Gasteiger partial charge on any atom is -0.330 e. The number of hydrogen-bond donors (Lipinski definition) is 3. The quantitative estimate of drug-likeness (QED) is 0.313. The largest absolute Gasteiger partial charge is 0.330 e. The molecule has 0 aromatic heterocycles. The van der Waals surface area contributed by atoms with Gasteiger partial charge in [0.2, 0.25) is 0 Å². The van der Waals surface area contributed by atoms with Gasteiger partial charge in [0, 0.05) is 0 Å². The third-order valence-electron chi connectivity index (χ3n) is 4.22. The van der Waals surface area contributed by atoms with E-state index in [2.05, 4.69) is 17.6 Å². The zero-order valence-corrected chi connectivity index (χ0v) is 15.3. The number of unbranched alkanes of at least 4 members (excludes halogenated alkanes) is 10. The Bertz CT molecular complexity index is 166. The molecule has 0 aromatic rings. The van der Waals surface area contributed by atoms with Gasteiger partial charge >= 0.3 is 0 Å². The fraction of sp³-hybridized carbons (Fsp3) is 1.00. The predicted molar refractivity (Wildman–Crippen MR) is 100 cm³/mol. The van der Waals surface area contributed by atoms with Crippen LogP contribution >= 0.6 is 0 Å². The molecule has 0 spiro atoms. The highest BCUT2D eigenvalue weighted by molar-refractivity contribution is 4.54. The molecule has 0 radical (unpaired) electrons. The molecular formula is C19H43N3. The van der Waals surface area contributed by atoms with Crippen molar-refractivity contribution in [2.45, 2.75) is 90.4 Å². The first kappa shape index (κ1) is 21.9. The van der Waals surface area contributed by atoms with Gasteiger partial charge in [0.05, 0.1) is 0 Å². The van der Waals surface area contributed by atoms with Crippen molar-refractivity contribution in [1.82, 2.24) is 10.6 Å². The first-order valence-corrected chi connectivity index (χ1v) is 10.0. The molecule has 0 aliphatic heterocycles. The molecule has 0 heterocycles. The topological polar surface area (TPSA) is 50.1 Å². The Balaban J connectivity index is 2.91. The molecule has 0 unspecified atom stereocenters. The highest BCUT2D eigenvalue weighted by Crippen LogP contribution is 2.10. The average Bonchev–Trinajstić information content (AvgIpc) is 2.54. The summed E-state index contributed by atoms with van der Waals surface area (Å²) in [5, 5.41) is 7.02. The second-order valence-corrected chi connectivity index (χ2v) is 6.53. The van der Waals surface area contributed by atoms with E-state index in [1.165, 1.54) is 83.6 Å². The van der Waals surface area contributed by atoms with Gasteiger partial charge in [0.15, 0.2) is 0 Å². The van der Waals surface area contributed by atoms with Crippen molar-refractivity contribution >= 4 is 0 Å². The molecule has 0 fully saturated rings. The van der Waals surface area contributed by atoms with Gasteiger partial charge in [0.25, 0.3) is 0 Å². The smallest absolute Gasteiger partial charge is 0.00368 e. The lowest BCUT2D eigenvalue weighted by Gasteiger charge is -2.06. The van der Waals surface area contributed by atoms with Gasteiger partial charge in [-0.25, -0.2) is 0 Å². The maximum absolute atomic E-state index is 5.46. The molecule has 0 atom stereocenters. The van der Waals surface area contributed by atoms with Gasteiger partial charge in [-0.15, -0.1) is 0 Å². The molecule has 0 aromatic carbocycles. The van der Waals surface area contributed by atoms with Crippen molar-refractivity contribution in [3.05, 3.63) is 0 Å². The van der Waals surface area contributed by atoms with Crippen LogP contribution in [0.4, 0.5) is 0 Å². The van der Waals surface area contributed by atoms with Crippen LogP contribution in [0.2, 0.25) is 0 Å². The molecule has 22 heavy (non-hydrogen) atoms. The number of nitrogens with two attached hydrogens (primary N) is 1. The van der Waals surface area contributed by atoms with Crippen LogP contribution in [-0.4, -0.2) is 32.7 Å². The molecular weight excluding hydrogens is 270 g/mol. The van der Waals surface area contributed by atoms with Crippen molar-refractivity contribution < 1.29 is 0 Å². The fourth-order valence-corrected chi connectivity index (χ4v) is 2.72. The molecule has 3 nitrogen and oxygen atoms in total. The summed E-state index contributed by atoms with van der Waals surface area (Å²) in [4.78, 5) is 0. The van der Waals surface area contributed by atoms with Gasteiger partial charge < -0.3 is 16.4 Å². The lowest BCUT2D eigenvalue weighted by atomic mass is 10.1. The van der Waals surface area contributed by atoms with Crippen molar-refractivity contribution in [3.63, 3.8) is 0 Å². The molecule has 0 saturated heterocycles. The van der Waals surface area contributed by atoms with Crippen LogP contribution in [0.1, 0.15) is 90.4 Å². The predicted octanol–water partition coefficient (Wildman–Crippen LogP) is 4.22. The Hall–Kier alpha value is -0.120. The third-order valence-corrected chi connectivity index (χ3v) is 4.22. The van der Waals surface area contributed by atoms with E-state index in [0.717, 1.165) is 32.6 Å². The van der Waals surface area contributed by atoms with Crippen molar-refractivity contribution in [2.24, 2.45) is 5.73 Å². The zero-order valence-electron chi connectivity index (χ0n) is 15.3. The average molecular weight is 314 g/mol. The molecule has 0 bridgehead atoms. The van der Waals surface area contributed by atoms with Crippen LogP contribution < -0.4 is 16.4 Å². The standard InChI is InChI=1S/C19H43N3/c1-2-3-4-5-6-7-8-9-10-12-16-21-18-14-19-22-17-13-11-15-20/h21-22H,2-20H2,1H3. The van der Waals surface area contributed by atoms with Crippen LogP contribution in [-0.2, 0) is 0 Å². The van der Waals surface area contributed by atoms with Gasteiger partial charge in [0.1, 0.15) is 0 Å². The summed E-state index contributed by atoms with van der Waals surface area (Å²) in [6.45, 7) is 7.71. The fourth-order valence-electron chi connectivity index (χ4n) is 2.72. The molecule has 0 aliphatic rings. The van der Waals surface area contributed by atoms with Gasteiger partial charge in [-0.05, 0) is 58.4 Å². The number of nitrogens with one attached hydrogen (secondary N) is 2. The maximum atomic E-state index is 5.46. The Morgan fingerprint density at radius 3 is 1.41 bits per heavy atom. The lowest BCUT2D eigenvalue weighted by Crippen LogP contribution is -2.23. The summed E-state index contributed by atoms with van der Waals surface area (Å²) in [5.41, 5.74) is 5.46. The van der Waals surface area contributed by atoms with Crippen molar-refractivity contribution in [1.29, 1.82) is 0 Å². The zero-order chi connectivity index (χ0) is 16.1. The van der Waals surface area contributed by atoms with Crippen LogP contribution in [0.5, 0.6) is 0 Å². The normalized spacial score (nSPS) is 11.2. The van der Waals surface area contributed by atoms with Crippen LogP contribution in [0.3, 0.4) is 0 Å². The molecule has 0 saturated carbocycles. The summed E-state index contributed by atoms with van der Waals surface area (Å²) in [6, 6.07) is 0. The van der Waals surface area contributed by atoms with E-state index in [1.54, 1.807) is 0 Å².